The topological polar surface area (TPSA) is 35.6 Å². The third-order valence-electron chi connectivity index (χ3n) is 1.97. The quantitative estimate of drug-likeness (QED) is 0.690. The summed E-state index contributed by atoms with van der Waals surface area (Å²) in [6.07, 6.45) is 0. The van der Waals surface area contributed by atoms with Gasteiger partial charge < -0.3 is 15.1 Å². The Morgan fingerprint density at radius 1 is 1.07 bits per heavy atom. The highest BCUT2D eigenvalue weighted by atomic mass is 16.2. The molecule has 0 heterocycles. The maximum Gasteiger partial charge on any atom is 0.225 e. The minimum absolute atomic E-state index is 0.0393. The maximum absolute atomic E-state index is 11.9. The maximum atomic E-state index is 11.9. The Morgan fingerprint density at radius 3 is 1.73 bits per heavy atom. The van der Waals surface area contributed by atoms with Crippen molar-refractivity contribution in [3.05, 3.63) is 0 Å². The zero-order chi connectivity index (χ0) is 12.0. The van der Waals surface area contributed by atoms with Crippen LogP contribution in [0.15, 0.2) is 0 Å². The van der Waals surface area contributed by atoms with Gasteiger partial charge in [0.15, 0.2) is 0 Å². The van der Waals surface area contributed by atoms with Gasteiger partial charge in [-0.15, -0.1) is 0 Å². The number of carbonyl (C=O) groups excluding carboxylic acids is 1. The second-order valence-corrected chi connectivity index (χ2v) is 4.88. The van der Waals surface area contributed by atoms with E-state index in [4.69, 9.17) is 0 Å². The summed E-state index contributed by atoms with van der Waals surface area (Å²) in [4.78, 5) is 16.0. The molecular formula is C11H25N3O. The minimum Gasteiger partial charge on any atom is -0.354 e. The molecule has 1 amide bonds. The zero-order valence-corrected chi connectivity index (χ0v) is 10.9. The molecule has 0 aliphatic rings. The molecule has 1 N–H and O–H groups in total. The summed E-state index contributed by atoms with van der Waals surface area (Å²) >= 11 is 0. The fraction of sp³-hybridized carbons (Fsp3) is 0.909. The SMILES string of the molecule is CC(C)NC(=O)C(CN(C)C)CN(C)C. The molecule has 0 aliphatic carbocycles. The summed E-state index contributed by atoms with van der Waals surface area (Å²) < 4.78 is 0. The van der Waals surface area contributed by atoms with Crippen LogP contribution in [0.25, 0.3) is 0 Å². The van der Waals surface area contributed by atoms with Gasteiger partial charge >= 0.3 is 0 Å². The van der Waals surface area contributed by atoms with E-state index in [9.17, 15) is 4.79 Å². The zero-order valence-electron chi connectivity index (χ0n) is 10.9. The van der Waals surface area contributed by atoms with Crippen LogP contribution in [0.2, 0.25) is 0 Å². The number of amides is 1. The molecule has 4 heteroatoms. The Hall–Kier alpha value is -0.610. The smallest absolute Gasteiger partial charge is 0.225 e. The van der Waals surface area contributed by atoms with Gasteiger partial charge in [-0.1, -0.05) is 0 Å². The first kappa shape index (κ1) is 14.4. The fourth-order valence-electron chi connectivity index (χ4n) is 1.51. The highest BCUT2D eigenvalue weighted by molar-refractivity contribution is 5.79. The second-order valence-electron chi connectivity index (χ2n) is 4.88. The molecule has 0 atom stereocenters. The number of hydrogen-bond donors (Lipinski definition) is 1. The van der Waals surface area contributed by atoms with Crippen LogP contribution in [0, 0.1) is 5.92 Å². The Kier molecular flexibility index (Phi) is 6.52. The molecule has 0 aliphatic heterocycles. The van der Waals surface area contributed by atoms with E-state index in [1.807, 2.05) is 51.8 Å². The minimum atomic E-state index is 0.0393. The van der Waals surface area contributed by atoms with Crippen molar-refractivity contribution in [1.82, 2.24) is 15.1 Å². The van der Waals surface area contributed by atoms with Crippen LogP contribution in [-0.2, 0) is 4.79 Å². The highest BCUT2D eigenvalue weighted by Gasteiger charge is 2.20. The van der Waals surface area contributed by atoms with E-state index in [0.717, 1.165) is 13.1 Å². The van der Waals surface area contributed by atoms with Crippen molar-refractivity contribution < 1.29 is 4.79 Å². The first-order valence-electron chi connectivity index (χ1n) is 5.42. The number of carbonyl (C=O) groups is 1. The summed E-state index contributed by atoms with van der Waals surface area (Å²) in [5.74, 6) is 0.185. The van der Waals surface area contributed by atoms with Gasteiger partial charge in [0.25, 0.3) is 0 Å². The van der Waals surface area contributed by atoms with E-state index in [2.05, 4.69) is 5.32 Å². The largest absolute Gasteiger partial charge is 0.354 e. The molecule has 0 aromatic heterocycles. The number of nitrogens with zero attached hydrogens (tertiary/aromatic N) is 2. The lowest BCUT2D eigenvalue weighted by Crippen LogP contribution is -2.44. The summed E-state index contributed by atoms with van der Waals surface area (Å²) in [6, 6.07) is 0.212. The van der Waals surface area contributed by atoms with Crippen LogP contribution >= 0.6 is 0 Å². The lowest BCUT2D eigenvalue weighted by molar-refractivity contribution is -0.126. The van der Waals surface area contributed by atoms with E-state index in [-0.39, 0.29) is 17.9 Å². The van der Waals surface area contributed by atoms with Gasteiger partial charge in [0, 0.05) is 19.1 Å². The summed E-state index contributed by atoms with van der Waals surface area (Å²) in [5, 5.41) is 2.96. The lowest BCUT2D eigenvalue weighted by Gasteiger charge is -2.24. The van der Waals surface area contributed by atoms with Crippen LogP contribution in [0.3, 0.4) is 0 Å². The van der Waals surface area contributed by atoms with Gasteiger partial charge in [-0.3, -0.25) is 4.79 Å². The summed E-state index contributed by atoms with van der Waals surface area (Å²) in [7, 11) is 7.97. The third kappa shape index (κ3) is 7.33. The Morgan fingerprint density at radius 2 is 1.47 bits per heavy atom. The lowest BCUT2D eigenvalue weighted by atomic mass is 10.1. The Bertz CT molecular complexity index is 180. The first-order valence-corrected chi connectivity index (χ1v) is 5.42. The van der Waals surface area contributed by atoms with E-state index in [0.29, 0.717) is 0 Å². The van der Waals surface area contributed by atoms with Crippen molar-refractivity contribution in [3.8, 4) is 0 Å². The molecular weight excluding hydrogens is 190 g/mol. The fourth-order valence-corrected chi connectivity index (χ4v) is 1.51. The first-order chi connectivity index (χ1) is 6.82. The van der Waals surface area contributed by atoms with Crippen molar-refractivity contribution in [3.63, 3.8) is 0 Å². The van der Waals surface area contributed by atoms with E-state index in [1.54, 1.807) is 0 Å². The van der Waals surface area contributed by atoms with Gasteiger partial charge in [-0.25, -0.2) is 0 Å². The monoisotopic (exact) mass is 215 g/mol. The molecule has 0 aromatic rings. The number of rotatable bonds is 6. The summed E-state index contributed by atoms with van der Waals surface area (Å²) in [5.41, 5.74) is 0. The molecule has 0 rings (SSSR count). The van der Waals surface area contributed by atoms with Crippen LogP contribution in [-0.4, -0.2) is 63.0 Å². The van der Waals surface area contributed by atoms with Crippen LogP contribution < -0.4 is 5.32 Å². The molecule has 0 aromatic carbocycles. The number of hydrogen-bond acceptors (Lipinski definition) is 3. The molecule has 0 radical (unpaired) electrons. The molecule has 90 valence electrons. The van der Waals surface area contributed by atoms with Crippen molar-refractivity contribution in [2.45, 2.75) is 19.9 Å². The van der Waals surface area contributed by atoms with Crippen molar-refractivity contribution in [1.29, 1.82) is 0 Å². The molecule has 0 saturated heterocycles. The normalized spacial score (nSPS) is 11.9. The van der Waals surface area contributed by atoms with E-state index >= 15 is 0 Å². The van der Waals surface area contributed by atoms with Gasteiger partial charge in [-0.05, 0) is 42.0 Å². The van der Waals surface area contributed by atoms with Crippen molar-refractivity contribution in [2.75, 3.05) is 41.3 Å². The highest BCUT2D eigenvalue weighted by Crippen LogP contribution is 2.01. The van der Waals surface area contributed by atoms with Crippen LogP contribution in [0.4, 0.5) is 0 Å². The molecule has 0 spiro atoms. The van der Waals surface area contributed by atoms with Crippen molar-refractivity contribution >= 4 is 5.91 Å². The third-order valence-corrected chi connectivity index (χ3v) is 1.97. The standard InChI is InChI=1S/C11H25N3O/c1-9(2)12-11(15)10(7-13(3)4)8-14(5)6/h9-10H,7-8H2,1-6H3,(H,12,15). The van der Waals surface area contributed by atoms with Gasteiger partial charge in [0.1, 0.15) is 0 Å². The Balaban J connectivity index is 4.27. The average molecular weight is 215 g/mol. The van der Waals surface area contributed by atoms with Gasteiger partial charge in [0.05, 0.1) is 5.92 Å². The van der Waals surface area contributed by atoms with E-state index in [1.165, 1.54) is 0 Å². The average Bonchev–Trinajstić information content (AvgIpc) is 1.99. The molecule has 0 saturated carbocycles. The predicted octanol–water partition coefficient (Wildman–Crippen LogP) is 0.250. The van der Waals surface area contributed by atoms with Crippen LogP contribution in [0.1, 0.15) is 13.8 Å². The molecule has 0 fully saturated rings. The van der Waals surface area contributed by atoms with Gasteiger partial charge in [0.2, 0.25) is 5.91 Å². The van der Waals surface area contributed by atoms with E-state index < -0.39 is 0 Å². The predicted molar refractivity (Wildman–Crippen MR) is 63.9 cm³/mol. The number of nitrogens with one attached hydrogen (secondary N) is 1. The Labute approximate surface area is 93.6 Å². The molecule has 15 heavy (non-hydrogen) atoms. The summed E-state index contributed by atoms with van der Waals surface area (Å²) in [6.45, 7) is 5.55. The van der Waals surface area contributed by atoms with Gasteiger partial charge in [-0.2, -0.15) is 0 Å². The van der Waals surface area contributed by atoms with Crippen molar-refractivity contribution in [2.24, 2.45) is 5.92 Å². The second kappa shape index (κ2) is 6.80. The van der Waals surface area contributed by atoms with Crippen LogP contribution in [0.5, 0.6) is 0 Å². The molecule has 4 nitrogen and oxygen atoms in total. The molecule has 0 bridgehead atoms. The molecule has 0 unspecified atom stereocenters.